The van der Waals surface area contributed by atoms with Crippen molar-refractivity contribution in [2.45, 2.75) is 13.3 Å². The molecule has 0 saturated heterocycles. The molecule has 1 aromatic heterocycles. The molecule has 0 bridgehead atoms. The van der Waals surface area contributed by atoms with Crippen molar-refractivity contribution < 1.29 is 14.7 Å². The van der Waals surface area contributed by atoms with Crippen LogP contribution in [0.5, 0.6) is 5.75 Å². The van der Waals surface area contributed by atoms with Crippen LogP contribution in [-0.2, 0) is 11.2 Å². The van der Waals surface area contributed by atoms with Crippen LogP contribution < -0.4 is 10.9 Å². The minimum Gasteiger partial charge on any atom is -0.507 e. The van der Waals surface area contributed by atoms with E-state index in [1.807, 2.05) is 24.3 Å². The number of hydrogen-bond acceptors (Lipinski definition) is 4. The lowest BCUT2D eigenvalue weighted by atomic mass is 10.1. The molecule has 0 saturated carbocycles. The second-order valence-electron chi connectivity index (χ2n) is 5.35. The van der Waals surface area contributed by atoms with Crippen LogP contribution in [0.1, 0.15) is 21.7 Å². The van der Waals surface area contributed by atoms with Crippen LogP contribution in [0.15, 0.2) is 42.5 Å². The quantitative estimate of drug-likeness (QED) is 0.549. The van der Waals surface area contributed by atoms with Gasteiger partial charge in [-0.3, -0.25) is 20.4 Å². The summed E-state index contributed by atoms with van der Waals surface area (Å²) >= 11 is 0. The van der Waals surface area contributed by atoms with E-state index in [2.05, 4.69) is 20.8 Å². The number of nitrogens with one attached hydrogen (secondary N) is 3. The summed E-state index contributed by atoms with van der Waals surface area (Å²) in [6.07, 6.45) is -0.00520. The van der Waals surface area contributed by atoms with E-state index in [9.17, 15) is 14.7 Å². The van der Waals surface area contributed by atoms with Gasteiger partial charge in [0.2, 0.25) is 5.91 Å². The fourth-order valence-electron chi connectivity index (χ4n) is 2.32. The molecule has 3 aromatic rings. The number of phenolic OH excluding ortho intramolecular Hbond substituents is 1. The van der Waals surface area contributed by atoms with Crippen LogP contribution in [0.25, 0.3) is 11.0 Å². The zero-order chi connectivity index (χ0) is 17.1. The number of carbonyl (C=O) groups excluding carboxylic acids is 2. The number of carbonyl (C=O) groups is 2. The Morgan fingerprint density at radius 1 is 1.12 bits per heavy atom. The highest BCUT2D eigenvalue weighted by Crippen LogP contribution is 2.20. The van der Waals surface area contributed by atoms with Crippen LogP contribution in [0.4, 0.5) is 0 Å². The molecule has 1 heterocycles. The fourth-order valence-corrected chi connectivity index (χ4v) is 2.32. The van der Waals surface area contributed by atoms with Crippen molar-refractivity contribution in [3.05, 3.63) is 59.4 Å². The molecule has 0 spiro atoms. The van der Waals surface area contributed by atoms with E-state index in [1.165, 1.54) is 6.07 Å². The number of nitrogens with zero attached hydrogens (tertiary/aromatic N) is 1. The van der Waals surface area contributed by atoms with Crippen molar-refractivity contribution in [2.24, 2.45) is 0 Å². The van der Waals surface area contributed by atoms with Crippen molar-refractivity contribution in [3.63, 3.8) is 0 Å². The largest absolute Gasteiger partial charge is 0.507 e. The Morgan fingerprint density at radius 3 is 2.71 bits per heavy atom. The van der Waals surface area contributed by atoms with Gasteiger partial charge in [-0.2, -0.15) is 0 Å². The second kappa shape index (κ2) is 6.41. The monoisotopic (exact) mass is 324 g/mol. The van der Waals surface area contributed by atoms with E-state index in [1.54, 1.807) is 19.1 Å². The van der Waals surface area contributed by atoms with Gasteiger partial charge in [0, 0.05) is 0 Å². The Hall–Kier alpha value is -3.35. The lowest BCUT2D eigenvalue weighted by molar-refractivity contribution is -0.121. The van der Waals surface area contributed by atoms with Crippen LogP contribution in [0, 0.1) is 6.92 Å². The number of aromatic hydroxyl groups is 1. The number of rotatable bonds is 3. The zero-order valence-corrected chi connectivity index (χ0v) is 13.0. The molecule has 7 heteroatoms. The number of fused-ring (bicyclic) bond motifs is 1. The molecule has 0 aliphatic heterocycles. The molecule has 0 aliphatic rings. The first-order valence-electron chi connectivity index (χ1n) is 7.36. The smallest absolute Gasteiger partial charge is 0.273 e. The van der Waals surface area contributed by atoms with E-state index in [0.29, 0.717) is 11.4 Å². The van der Waals surface area contributed by atoms with Crippen LogP contribution in [-0.4, -0.2) is 26.9 Å². The highest BCUT2D eigenvalue weighted by atomic mass is 16.3. The lowest BCUT2D eigenvalue weighted by Crippen LogP contribution is -2.42. The van der Waals surface area contributed by atoms with Crippen molar-refractivity contribution >= 4 is 22.8 Å². The normalized spacial score (nSPS) is 10.5. The minimum atomic E-state index is -0.589. The number of aromatic amines is 1. The number of amides is 2. The summed E-state index contributed by atoms with van der Waals surface area (Å²) in [6, 6.07) is 12.3. The molecule has 122 valence electrons. The Morgan fingerprint density at radius 2 is 1.92 bits per heavy atom. The number of para-hydroxylation sites is 3. The number of hydrazine groups is 1. The summed E-state index contributed by atoms with van der Waals surface area (Å²) in [5.41, 5.74) is 6.88. The van der Waals surface area contributed by atoms with E-state index in [4.69, 9.17) is 0 Å². The number of phenols is 1. The van der Waals surface area contributed by atoms with Gasteiger partial charge in [0.05, 0.1) is 23.0 Å². The molecule has 0 fully saturated rings. The van der Waals surface area contributed by atoms with Gasteiger partial charge in [0.15, 0.2) is 0 Å². The van der Waals surface area contributed by atoms with Crippen molar-refractivity contribution in [1.82, 2.24) is 20.8 Å². The number of benzene rings is 2. The molecule has 0 aliphatic carbocycles. The first kappa shape index (κ1) is 15.5. The van der Waals surface area contributed by atoms with Gasteiger partial charge < -0.3 is 10.1 Å². The molecular formula is C17H16N4O3. The SMILES string of the molecule is Cc1cccc(C(=O)NNC(=O)Cc2nc3ccccc3[nH]2)c1O. The first-order chi connectivity index (χ1) is 11.5. The van der Waals surface area contributed by atoms with Gasteiger partial charge in [-0.25, -0.2) is 4.98 Å². The average molecular weight is 324 g/mol. The third kappa shape index (κ3) is 3.19. The molecule has 0 atom stereocenters. The highest BCUT2D eigenvalue weighted by molar-refractivity contribution is 5.98. The molecule has 3 rings (SSSR count). The average Bonchev–Trinajstić information content (AvgIpc) is 2.97. The van der Waals surface area contributed by atoms with E-state index >= 15 is 0 Å². The third-order valence-corrected chi connectivity index (χ3v) is 3.56. The standard InChI is InChI=1S/C17H16N4O3/c1-10-5-4-6-11(16(10)23)17(24)21-20-15(22)9-14-18-12-7-2-3-8-13(12)19-14/h2-8,23H,9H2,1H3,(H,18,19)(H,20,22)(H,21,24). The van der Waals surface area contributed by atoms with Gasteiger partial charge in [0.25, 0.3) is 5.91 Å². The van der Waals surface area contributed by atoms with E-state index < -0.39 is 11.8 Å². The molecule has 7 nitrogen and oxygen atoms in total. The maximum absolute atomic E-state index is 12.0. The summed E-state index contributed by atoms with van der Waals surface area (Å²) in [4.78, 5) is 31.3. The van der Waals surface area contributed by atoms with Gasteiger partial charge in [-0.05, 0) is 30.7 Å². The Kier molecular flexibility index (Phi) is 4.15. The summed E-state index contributed by atoms with van der Waals surface area (Å²) in [6.45, 7) is 1.69. The molecule has 24 heavy (non-hydrogen) atoms. The molecule has 0 radical (unpaired) electrons. The fraction of sp³-hybridized carbons (Fsp3) is 0.118. The molecule has 0 unspecified atom stereocenters. The molecule has 2 aromatic carbocycles. The number of aromatic nitrogens is 2. The Labute approximate surface area is 137 Å². The minimum absolute atomic E-state index is 0.00520. The van der Waals surface area contributed by atoms with Gasteiger partial charge in [-0.1, -0.05) is 24.3 Å². The number of hydrogen-bond donors (Lipinski definition) is 4. The second-order valence-corrected chi connectivity index (χ2v) is 5.35. The van der Waals surface area contributed by atoms with Crippen molar-refractivity contribution in [1.29, 1.82) is 0 Å². The van der Waals surface area contributed by atoms with Crippen molar-refractivity contribution in [2.75, 3.05) is 0 Å². The topological polar surface area (TPSA) is 107 Å². The number of H-pyrrole nitrogens is 1. The van der Waals surface area contributed by atoms with E-state index in [-0.39, 0.29) is 17.7 Å². The summed E-state index contributed by atoms with van der Waals surface area (Å²) in [5.74, 6) is -0.619. The molecule has 2 amide bonds. The van der Waals surface area contributed by atoms with E-state index in [0.717, 1.165) is 11.0 Å². The molecular weight excluding hydrogens is 308 g/mol. The van der Waals surface area contributed by atoms with Crippen molar-refractivity contribution in [3.8, 4) is 5.75 Å². The Bertz CT molecular complexity index is 884. The zero-order valence-electron chi connectivity index (χ0n) is 13.0. The summed E-state index contributed by atoms with van der Waals surface area (Å²) < 4.78 is 0. The first-order valence-corrected chi connectivity index (χ1v) is 7.36. The van der Waals surface area contributed by atoms with Crippen LogP contribution >= 0.6 is 0 Å². The summed E-state index contributed by atoms with van der Waals surface area (Å²) in [7, 11) is 0. The predicted molar refractivity (Wildman–Crippen MR) is 88.3 cm³/mol. The van der Waals surface area contributed by atoms with Gasteiger partial charge in [0.1, 0.15) is 11.6 Å². The highest BCUT2D eigenvalue weighted by Gasteiger charge is 2.14. The molecule has 4 N–H and O–H groups in total. The third-order valence-electron chi connectivity index (χ3n) is 3.56. The van der Waals surface area contributed by atoms with Gasteiger partial charge in [-0.15, -0.1) is 0 Å². The van der Waals surface area contributed by atoms with Crippen LogP contribution in [0.2, 0.25) is 0 Å². The summed E-state index contributed by atoms with van der Waals surface area (Å²) in [5, 5.41) is 9.86. The maximum atomic E-state index is 12.0. The predicted octanol–water partition coefficient (Wildman–Crippen LogP) is 1.58. The van der Waals surface area contributed by atoms with Gasteiger partial charge >= 0.3 is 0 Å². The Balaban J connectivity index is 1.61. The number of imidazole rings is 1. The maximum Gasteiger partial charge on any atom is 0.273 e. The number of aryl methyl sites for hydroxylation is 1. The lowest BCUT2D eigenvalue weighted by Gasteiger charge is -2.09. The van der Waals surface area contributed by atoms with Crippen LogP contribution in [0.3, 0.4) is 0 Å².